The summed E-state index contributed by atoms with van der Waals surface area (Å²) < 4.78 is 5.75. The second-order valence-electron chi connectivity index (χ2n) is 4.32. The molecule has 0 N–H and O–H groups in total. The molecule has 2 heterocycles. The number of rotatable bonds is 2. The van der Waals surface area contributed by atoms with Crippen molar-refractivity contribution in [1.29, 1.82) is 0 Å². The van der Waals surface area contributed by atoms with E-state index in [2.05, 4.69) is 0 Å². The molecule has 0 saturated carbocycles. The van der Waals surface area contributed by atoms with E-state index in [1.165, 1.54) is 4.90 Å². The van der Waals surface area contributed by atoms with Gasteiger partial charge in [0.2, 0.25) is 11.8 Å². The summed E-state index contributed by atoms with van der Waals surface area (Å²) in [6.45, 7) is 3.99. The first kappa shape index (κ1) is 10.6. The van der Waals surface area contributed by atoms with Gasteiger partial charge in [0, 0.05) is 7.05 Å². The molecule has 2 saturated heterocycles. The van der Waals surface area contributed by atoms with Crippen molar-refractivity contribution < 1.29 is 14.3 Å². The predicted octanol–water partition coefficient (Wildman–Crippen LogP) is 0.805. The number of ether oxygens (including phenoxy) is 1. The molecule has 0 spiro atoms. The lowest BCUT2D eigenvalue weighted by Crippen LogP contribution is -2.32. The van der Waals surface area contributed by atoms with Gasteiger partial charge in [-0.15, -0.1) is 0 Å². The Balaban J connectivity index is 2.31. The van der Waals surface area contributed by atoms with Crippen LogP contribution in [-0.4, -0.2) is 36.0 Å². The molecule has 2 amide bonds. The van der Waals surface area contributed by atoms with Gasteiger partial charge in [0.25, 0.3) is 0 Å². The fourth-order valence-electron chi connectivity index (χ4n) is 2.74. The van der Waals surface area contributed by atoms with Gasteiger partial charge in [-0.25, -0.2) is 0 Å². The first-order valence-corrected chi connectivity index (χ1v) is 5.58. The molecule has 2 rings (SSSR count). The predicted molar refractivity (Wildman–Crippen MR) is 54.0 cm³/mol. The lowest BCUT2D eigenvalue weighted by Gasteiger charge is -2.17. The van der Waals surface area contributed by atoms with Crippen LogP contribution in [0.2, 0.25) is 0 Å². The molecule has 0 aliphatic carbocycles. The number of amides is 2. The summed E-state index contributed by atoms with van der Waals surface area (Å²) >= 11 is 0. The van der Waals surface area contributed by atoms with E-state index in [9.17, 15) is 9.59 Å². The molecule has 4 unspecified atom stereocenters. The summed E-state index contributed by atoms with van der Waals surface area (Å²) in [5.74, 6) is -0.574. The monoisotopic (exact) mass is 211 g/mol. The Morgan fingerprint density at radius 3 is 1.80 bits per heavy atom. The van der Waals surface area contributed by atoms with Gasteiger partial charge in [-0.05, 0) is 12.8 Å². The number of hydrogen-bond acceptors (Lipinski definition) is 3. The van der Waals surface area contributed by atoms with Crippen molar-refractivity contribution >= 4 is 11.8 Å². The minimum absolute atomic E-state index is 0.0622. The van der Waals surface area contributed by atoms with Gasteiger partial charge in [-0.3, -0.25) is 14.5 Å². The molecule has 2 aliphatic rings. The van der Waals surface area contributed by atoms with Crippen LogP contribution < -0.4 is 0 Å². The Labute approximate surface area is 89.6 Å². The van der Waals surface area contributed by atoms with Crippen LogP contribution in [0.15, 0.2) is 0 Å². The molecule has 15 heavy (non-hydrogen) atoms. The van der Waals surface area contributed by atoms with Gasteiger partial charge >= 0.3 is 0 Å². The first-order valence-electron chi connectivity index (χ1n) is 5.58. The summed E-state index contributed by atoms with van der Waals surface area (Å²) in [5, 5.41) is 0. The minimum Gasteiger partial charge on any atom is -0.373 e. The van der Waals surface area contributed by atoms with Crippen LogP contribution in [0.25, 0.3) is 0 Å². The molecular formula is C11H17NO3. The highest BCUT2D eigenvalue weighted by atomic mass is 16.5. The van der Waals surface area contributed by atoms with Gasteiger partial charge in [-0.1, -0.05) is 13.8 Å². The lowest BCUT2D eigenvalue weighted by atomic mass is 9.88. The quantitative estimate of drug-likeness (QED) is 0.635. The maximum atomic E-state index is 11.9. The van der Waals surface area contributed by atoms with Crippen molar-refractivity contribution in [3.8, 4) is 0 Å². The Hall–Kier alpha value is -0.900. The van der Waals surface area contributed by atoms with Crippen molar-refractivity contribution in [2.75, 3.05) is 7.05 Å². The molecule has 4 atom stereocenters. The highest BCUT2D eigenvalue weighted by Crippen LogP contribution is 2.42. The van der Waals surface area contributed by atoms with E-state index in [0.29, 0.717) is 0 Å². The highest BCUT2D eigenvalue weighted by Gasteiger charge is 2.57. The van der Waals surface area contributed by atoms with Crippen molar-refractivity contribution in [1.82, 2.24) is 4.90 Å². The number of carbonyl (C=O) groups is 2. The topological polar surface area (TPSA) is 46.6 Å². The molecule has 84 valence electrons. The van der Waals surface area contributed by atoms with Crippen molar-refractivity contribution in [2.45, 2.75) is 38.9 Å². The number of carbonyl (C=O) groups excluding carboxylic acids is 2. The molecule has 4 heteroatoms. The number of likely N-dealkylation sites (tertiary alicyclic amines) is 1. The zero-order valence-electron chi connectivity index (χ0n) is 9.40. The van der Waals surface area contributed by atoms with E-state index in [1.807, 2.05) is 13.8 Å². The molecule has 2 fully saturated rings. The fraction of sp³-hybridized carbons (Fsp3) is 0.818. The number of imide groups is 1. The van der Waals surface area contributed by atoms with Gasteiger partial charge < -0.3 is 4.74 Å². The average Bonchev–Trinajstić information content (AvgIpc) is 2.72. The summed E-state index contributed by atoms with van der Waals surface area (Å²) in [6.07, 6.45) is 1.46. The summed E-state index contributed by atoms with van der Waals surface area (Å²) in [4.78, 5) is 25.0. The minimum atomic E-state index is -0.225. The molecule has 2 aliphatic heterocycles. The normalized spacial score (nSPS) is 40.1. The average molecular weight is 211 g/mol. The highest BCUT2D eigenvalue weighted by molar-refractivity contribution is 6.05. The number of nitrogens with zero attached hydrogens (tertiary/aromatic N) is 1. The fourth-order valence-corrected chi connectivity index (χ4v) is 2.74. The van der Waals surface area contributed by atoms with Crippen molar-refractivity contribution in [2.24, 2.45) is 11.8 Å². The van der Waals surface area contributed by atoms with E-state index in [4.69, 9.17) is 4.74 Å². The van der Waals surface area contributed by atoms with Crippen molar-refractivity contribution in [3.05, 3.63) is 0 Å². The molecule has 0 aromatic heterocycles. The van der Waals surface area contributed by atoms with Crippen LogP contribution in [0.4, 0.5) is 0 Å². The molecule has 0 radical (unpaired) electrons. The van der Waals surface area contributed by atoms with Gasteiger partial charge in [0.05, 0.1) is 24.0 Å². The van der Waals surface area contributed by atoms with Crippen LogP contribution >= 0.6 is 0 Å². The summed E-state index contributed by atoms with van der Waals surface area (Å²) in [5.41, 5.74) is 0. The van der Waals surface area contributed by atoms with Crippen LogP contribution in [-0.2, 0) is 14.3 Å². The third-order valence-electron chi connectivity index (χ3n) is 3.57. The summed E-state index contributed by atoms with van der Waals surface area (Å²) in [7, 11) is 1.57. The molecule has 0 aromatic rings. The first-order chi connectivity index (χ1) is 7.11. The standard InChI is InChI=1S/C11H17NO3/c1-4-6-8-9(7(5-2)15-6)11(14)12(3)10(8)13/h6-9H,4-5H2,1-3H3. The van der Waals surface area contributed by atoms with Gasteiger partial charge in [0.15, 0.2) is 0 Å². The number of fused-ring (bicyclic) bond motifs is 1. The van der Waals surface area contributed by atoms with Crippen LogP contribution in [0.5, 0.6) is 0 Å². The van der Waals surface area contributed by atoms with E-state index in [1.54, 1.807) is 7.05 Å². The lowest BCUT2D eigenvalue weighted by molar-refractivity contribution is -0.142. The Morgan fingerprint density at radius 2 is 1.47 bits per heavy atom. The molecule has 0 bridgehead atoms. The van der Waals surface area contributed by atoms with E-state index >= 15 is 0 Å². The van der Waals surface area contributed by atoms with Crippen molar-refractivity contribution in [3.63, 3.8) is 0 Å². The molecule has 4 nitrogen and oxygen atoms in total. The van der Waals surface area contributed by atoms with Gasteiger partial charge in [0.1, 0.15) is 0 Å². The van der Waals surface area contributed by atoms with Crippen LogP contribution in [0.1, 0.15) is 26.7 Å². The van der Waals surface area contributed by atoms with Crippen LogP contribution in [0, 0.1) is 11.8 Å². The van der Waals surface area contributed by atoms with E-state index in [-0.39, 0.29) is 35.9 Å². The van der Waals surface area contributed by atoms with E-state index < -0.39 is 0 Å². The Morgan fingerprint density at radius 1 is 1.07 bits per heavy atom. The molecule has 0 aromatic carbocycles. The van der Waals surface area contributed by atoms with E-state index in [0.717, 1.165) is 12.8 Å². The maximum Gasteiger partial charge on any atom is 0.235 e. The zero-order valence-corrected chi connectivity index (χ0v) is 9.40. The molecular weight excluding hydrogens is 194 g/mol. The SMILES string of the molecule is CCC1OC(CC)C2C(=O)N(C)C(=O)C12. The number of hydrogen-bond donors (Lipinski definition) is 0. The Kier molecular flexibility index (Phi) is 2.54. The van der Waals surface area contributed by atoms with Crippen LogP contribution in [0.3, 0.4) is 0 Å². The Bertz CT molecular complexity index is 274. The zero-order chi connectivity index (χ0) is 11.2. The van der Waals surface area contributed by atoms with Gasteiger partial charge in [-0.2, -0.15) is 0 Å². The third kappa shape index (κ3) is 1.31. The second kappa shape index (κ2) is 3.59. The smallest absolute Gasteiger partial charge is 0.235 e. The largest absolute Gasteiger partial charge is 0.373 e. The second-order valence-corrected chi connectivity index (χ2v) is 4.32. The summed E-state index contributed by atoms with van der Waals surface area (Å²) in [6, 6.07) is 0. The maximum absolute atomic E-state index is 11.9. The third-order valence-corrected chi connectivity index (χ3v) is 3.57.